The highest BCUT2D eigenvalue weighted by Gasteiger charge is 2.33. The molecule has 1 aromatic rings. The van der Waals surface area contributed by atoms with E-state index in [1.54, 1.807) is 0 Å². The molecule has 0 saturated heterocycles. The van der Waals surface area contributed by atoms with Crippen LogP contribution in [0.4, 0.5) is 18.9 Å². The number of nitrogens with two attached hydrogens (primary N) is 1. The second kappa shape index (κ2) is 4.75. The molecule has 100 valence electrons. The highest BCUT2D eigenvalue weighted by atomic mass is 19.4. The van der Waals surface area contributed by atoms with Crippen LogP contribution in [0.5, 0.6) is 5.75 Å². The number of alkyl halides is 3. The monoisotopic (exact) mass is 263 g/mol. The van der Waals surface area contributed by atoms with Gasteiger partial charge < -0.3 is 15.2 Å². The average molecular weight is 263 g/mol. The van der Waals surface area contributed by atoms with Gasteiger partial charge in [-0.25, -0.2) is 4.79 Å². The van der Waals surface area contributed by atoms with Crippen molar-refractivity contribution in [2.24, 2.45) is 0 Å². The lowest BCUT2D eigenvalue weighted by Gasteiger charge is -2.17. The molecule has 0 heterocycles. The first-order valence-electron chi connectivity index (χ1n) is 4.91. The van der Waals surface area contributed by atoms with Gasteiger partial charge in [0.25, 0.3) is 0 Å². The van der Waals surface area contributed by atoms with Gasteiger partial charge in [-0.05, 0) is 25.5 Å². The lowest BCUT2D eigenvalue weighted by atomic mass is 10.0. The summed E-state index contributed by atoms with van der Waals surface area (Å²) >= 11 is 0. The van der Waals surface area contributed by atoms with Crippen molar-refractivity contribution in [3.05, 3.63) is 22.8 Å². The molecule has 0 amide bonds. The van der Waals surface area contributed by atoms with Gasteiger partial charge in [0.05, 0.1) is 18.4 Å². The number of carbonyl (C=O) groups excluding carboxylic acids is 1. The molecule has 0 aliphatic rings. The van der Waals surface area contributed by atoms with Gasteiger partial charge in [-0.3, -0.25) is 0 Å². The first kappa shape index (κ1) is 14.1. The molecule has 0 fully saturated rings. The standard InChI is InChI=1S/C11H12F3NO3/c1-5-4-7(10(16)17-3)8(15)6(2)9(5)18-11(12,13)14/h4H,15H2,1-3H3. The maximum absolute atomic E-state index is 12.2. The second-order valence-electron chi connectivity index (χ2n) is 3.65. The number of nitrogen functional groups attached to an aromatic ring is 1. The molecule has 4 nitrogen and oxygen atoms in total. The van der Waals surface area contributed by atoms with Crippen LogP contribution in [-0.2, 0) is 4.74 Å². The zero-order chi connectivity index (χ0) is 14.1. The topological polar surface area (TPSA) is 61.5 Å². The van der Waals surface area contributed by atoms with Gasteiger partial charge in [-0.15, -0.1) is 13.2 Å². The Labute approximate surface area is 101 Å². The van der Waals surface area contributed by atoms with E-state index in [-0.39, 0.29) is 22.4 Å². The van der Waals surface area contributed by atoms with Crippen molar-refractivity contribution in [2.75, 3.05) is 12.8 Å². The molecule has 0 aromatic heterocycles. The minimum atomic E-state index is -4.81. The lowest BCUT2D eigenvalue weighted by molar-refractivity contribution is -0.275. The zero-order valence-electron chi connectivity index (χ0n) is 10.0. The summed E-state index contributed by atoms with van der Waals surface area (Å²) in [6.45, 7) is 2.73. The van der Waals surface area contributed by atoms with Crippen LogP contribution in [0.25, 0.3) is 0 Å². The molecule has 0 aliphatic heterocycles. The Kier molecular flexibility index (Phi) is 3.73. The fourth-order valence-electron chi connectivity index (χ4n) is 1.53. The fraction of sp³-hybridized carbons (Fsp3) is 0.364. The van der Waals surface area contributed by atoms with Crippen LogP contribution < -0.4 is 10.5 Å². The summed E-state index contributed by atoms with van der Waals surface area (Å²) in [5.74, 6) is -1.11. The summed E-state index contributed by atoms with van der Waals surface area (Å²) < 4.78 is 45.0. The molecule has 0 saturated carbocycles. The first-order chi connectivity index (χ1) is 8.17. The maximum atomic E-state index is 12.2. The number of esters is 1. The minimum absolute atomic E-state index is 0.0158. The van der Waals surface area contributed by atoms with Gasteiger partial charge in [0, 0.05) is 5.56 Å². The third-order valence-corrected chi connectivity index (χ3v) is 2.38. The molecule has 0 unspecified atom stereocenters. The molecule has 0 spiro atoms. The average Bonchev–Trinajstić information content (AvgIpc) is 2.27. The third kappa shape index (κ3) is 2.85. The number of ether oxygens (including phenoxy) is 2. The van der Waals surface area contributed by atoms with Gasteiger partial charge in [0.2, 0.25) is 0 Å². The predicted octanol–water partition coefficient (Wildman–Crippen LogP) is 2.57. The number of hydrogen-bond acceptors (Lipinski definition) is 4. The van der Waals surface area contributed by atoms with Crippen LogP contribution in [0.1, 0.15) is 21.5 Å². The number of anilines is 1. The van der Waals surface area contributed by atoms with Gasteiger partial charge in [0.1, 0.15) is 5.75 Å². The number of rotatable bonds is 2. The number of halogens is 3. The van der Waals surface area contributed by atoms with E-state index < -0.39 is 18.1 Å². The molecule has 0 atom stereocenters. The van der Waals surface area contributed by atoms with Crippen molar-refractivity contribution in [3.8, 4) is 5.75 Å². The first-order valence-corrected chi connectivity index (χ1v) is 4.91. The Morgan fingerprint density at radius 2 is 1.89 bits per heavy atom. The summed E-state index contributed by atoms with van der Waals surface area (Å²) in [6.07, 6.45) is -4.81. The number of benzene rings is 1. The Morgan fingerprint density at radius 1 is 1.33 bits per heavy atom. The van der Waals surface area contributed by atoms with E-state index >= 15 is 0 Å². The van der Waals surface area contributed by atoms with E-state index in [0.29, 0.717) is 0 Å². The molecule has 0 radical (unpaired) electrons. The number of aryl methyl sites for hydroxylation is 1. The SMILES string of the molecule is COC(=O)c1cc(C)c(OC(F)(F)F)c(C)c1N. The van der Waals surface area contributed by atoms with Gasteiger partial charge >= 0.3 is 12.3 Å². The second-order valence-corrected chi connectivity index (χ2v) is 3.65. The molecule has 2 N–H and O–H groups in total. The molecule has 1 rings (SSSR count). The van der Waals surface area contributed by atoms with Gasteiger partial charge in [-0.2, -0.15) is 0 Å². The third-order valence-electron chi connectivity index (χ3n) is 2.38. The van der Waals surface area contributed by atoms with Crippen molar-refractivity contribution in [1.29, 1.82) is 0 Å². The lowest BCUT2D eigenvalue weighted by Crippen LogP contribution is -2.19. The molecule has 0 aliphatic carbocycles. The molecular formula is C11H12F3NO3. The molecule has 0 bridgehead atoms. The number of methoxy groups -OCH3 is 1. The smallest absolute Gasteiger partial charge is 0.465 e. The highest BCUT2D eigenvalue weighted by molar-refractivity contribution is 5.96. The van der Waals surface area contributed by atoms with Crippen molar-refractivity contribution in [1.82, 2.24) is 0 Å². The van der Waals surface area contributed by atoms with E-state index in [1.165, 1.54) is 19.9 Å². The molecule has 1 aromatic carbocycles. The maximum Gasteiger partial charge on any atom is 0.573 e. The normalized spacial score (nSPS) is 11.2. The molecular weight excluding hydrogens is 251 g/mol. The Balaban J connectivity index is 3.34. The largest absolute Gasteiger partial charge is 0.573 e. The molecule has 18 heavy (non-hydrogen) atoms. The van der Waals surface area contributed by atoms with Crippen LogP contribution in [0.3, 0.4) is 0 Å². The van der Waals surface area contributed by atoms with E-state index in [2.05, 4.69) is 9.47 Å². The predicted molar refractivity (Wildman–Crippen MR) is 58.4 cm³/mol. The van der Waals surface area contributed by atoms with Crippen molar-refractivity contribution >= 4 is 11.7 Å². The quantitative estimate of drug-likeness (QED) is 0.658. The van der Waals surface area contributed by atoms with Crippen LogP contribution in [-0.4, -0.2) is 19.4 Å². The highest BCUT2D eigenvalue weighted by Crippen LogP contribution is 2.35. The van der Waals surface area contributed by atoms with Crippen LogP contribution in [0, 0.1) is 13.8 Å². The number of carbonyl (C=O) groups is 1. The Hall–Kier alpha value is -1.92. The van der Waals surface area contributed by atoms with Gasteiger partial charge in [0.15, 0.2) is 0 Å². The van der Waals surface area contributed by atoms with E-state index in [4.69, 9.17) is 5.73 Å². The summed E-state index contributed by atoms with van der Waals surface area (Å²) in [7, 11) is 1.16. The van der Waals surface area contributed by atoms with E-state index in [1.807, 2.05) is 0 Å². The zero-order valence-corrected chi connectivity index (χ0v) is 10.0. The van der Waals surface area contributed by atoms with Crippen LogP contribution in [0.15, 0.2) is 6.07 Å². The summed E-state index contributed by atoms with van der Waals surface area (Å²) in [5.41, 5.74) is 5.73. The van der Waals surface area contributed by atoms with Crippen LogP contribution >= 0.6 is 0 Å². The molecule has 7 heteroatoms. The summed E-state index contributed by atoms with van der Waals surface area (Å²) in [6, 6.07) is 1.20. The van der Waals surface area contributed by atoms with Crippen molar-refractivity contribution < 1.29 is 27.4 Å². The summed E-state index contributed by atoms with van der Waals surface area (Å²) in [5, 5.41) is 0. The van der Waals surface area contributed by atoms with Crippen molar-refractivity contribution in [3.63, 3.8) is 0 Å². The number of hydrogen-bond donors (Lipinski definition) is 1. The van der Waals surface area contributed by atoms with Crippen LogP contribution in [0.2, 0.25) is 0 Å². The Morgan fingerprint density at radius 3 is 2.33 bits per heavy atom. The van der Waals surface area contributed by atoms with E-state index in [9.17, 15) is 18.0 Å². The van der Waals surface area contributed by atoms with Gasteiger partial charge in [-0.1, -0.05) is 0 Å². The minimum Gasteiger partial charge on any atom is -0.465 e. The van der Waals surface area contributed by atoms with Crippen molar-refractivity contribution in [2.45, 2.75) is 20.2 Å². The fourth-order valence-corrected chi connectivity index (χ4v) is 1.53. The van der Waals surface area contributed by atoms with E-state index in [0.717, 1.165) is 7.11 Å². The Bertz CT molecular complexity index is 483. The summed E-state index contributed by atoms with van der Waals surface area (Å²) in [4.78, 5) is 11.4.